The van der Waals surface area contributed by atoms with Crippen LogP contribution in [0, 0.1) is 11.8 Å². The van der Waals surface area contributed by atoms with E-state index >= 15 is 0 Å². The molecule has 1 atom stereocenters. The highest BCUT2D eigenvalue weighted by Crippen LogP contribution is 2.21. The van der Waals surface area contributed by atoms with Crippen LogP contribution in [0.1, 0.15) is 41.5 Å². The first-order valence-corrected chi connectivity index (χ1v) is 7.31. The predicted octanol–water partition coefficient (Wildman–Crippen LogP) is 2.82. The Morgan fingerprint density at radius 3 is 2.83 bits per heavy atom. The van der Waals surface area contributed by atoms with Gasteiger partial charge in [-0.25, -0.2) is 9.97 Å². The minimum atomic E-state index is -0.194. The Balaban J connectivity index is 1.97. The fourth-order valence-corrected chi connectivity index (χ4v) is 2.48. The smallest absolute Gasteiger partial charge is 0.255 e. The van der Waals surface area contributed by atoms with Crippen molar-refractivity contribution in [1.29, 1.82) is 0 Å². The molecule has 2 heterocycles. The monoisotopic (exact) mass is 304 g/mol. The van der Waals surface area contributed by atoms with E-state index in [1.54, 1.807) is 13.1 Å². The summed E-state index contributed by atoms with van der Waals surface area (Å²) in [7, 11) is 0. The van der Waals surface area contributed by atoms with E-state index in [0.29, 0.717) is 22.3 Å². The number of hydrogen-bond donors (Lipinski definition) is 2. The van der Waals surface area contributed by atoms with Gasteiger partial charge in [-0.15, -0.1) is 0 Å². The van der Waals surface area contributed by atoms with Crippen LogP contribution in [0.5, 0.6) is 0 Å². The topological polar surface area (TPSA) is 70.7 Å². The molecule has 0 radical (unpaired) electrons. The maximum absolute atomic E-state index is 12.7. The van der Waals surface area contributed by atoms with Crippen LogP contribution in [0.2, 0.25) is 0 Å². The van der Waals surface area contributed by atoms with Crippen LogP contribution in [-0.4, -0.2) is 20.9 Å². The Morgan fingerprint density at radius 1 is 1.30 bits per heavy atom. The lowest BCUT2D eigenvalue weighted by Gasteiger charge is -2.14. The number of amides is 1. The highest BCUT2D eigenvalue weighted by Gasteiger charge is 2.20. The second-order valence-electron chi connectivity index (χ2n) is 5.14. The number of nitrogens with zero attached hydrogens (tertiary/aromatic N) is 2. The summed E-state index contributed by atoms with van der Waals surface area (Å²) >= 11 is 0. The van der Waals surface area contributed by atoms with Crippen LogP contribution in [0.3, 0.4) is 0 Å². The number of aromatic nitrogens is 3. The van der Waals surface area contributed by atoms with E-state index in [4.69, 9.17) is 0 Å². The summed E-state index contributed by atoms with van der Waals surface area (Å²) in [5.41, 5.74) is 2.69. The molecule has 23 heavy (non-hydrogen) atoms. The lowest BCUT2D eigenvalue weighted by Crippen LogP contribution is -2.27. The second-order valence-corrected chi connectivity index (χ2v) is 5.14. The summed E-state index contributed by atoms with van der Waals surface area (Å²) in [4.78, 5) is 24.0. The van der Waals surface area contributed by atoms with Crippen LogP contribution in [-0.2, 0) is 0 Å². The predicted molar refractivity (Wildman–Crippen MR) is 88.8 cm³/mol. The van der Waals surface area contributed by atoms with Gasteiger partial charge in [-0.2, -0.15) is 0 Å². The standard InChI is InChI=1S/C18H16N4O/c1-3-7-15-16(14-10-19-11-20-17(14)22-15)18(23)21-12(2)13-8-5-4-6-9-13/h4-6,8-12H,1-2H3,(H,21,23)(H,19,20,22)/t12-/m1/s1. The zero-order valence-electron chi connectivity index (χ0n) is 12.9. The highest BCUT2D eigenvalue weighted by atomic mass is 16.1. The van der Waals surface area contributed by atoms with Gasteiger partial charge in [0.2, 0.25) is 0 Å². The first kappa shape index (κ1) is 14.8. The Hall–Kier alpha value is -3.13. The van der Waals surface area contributed by atoms with Gasteiger partial charge in [0.05, 0.1) is 17.0 Å². The van der Waals surface area contributed by atoms with E-state index in [0.717, 1.165) is 5.56 Å². The van der Waals surface area contributed by atoms with E-state index in [9.17, 15) is 4.79 Å². The Kier molecular flexibility index (Phi) is 4.07. The van der Waals surface area contributed by atoms with Crippen LogP contribution >= 0.6 is 0 Å². The van der Waals surface area contributed by atoms with E-state index in [1.807, 2.05) is 37.3 Å². The second kappa shape index (κ2) is 6.32. The zero-order valence-corrected chi connectivity index (χ0v) is 12.9. The number of aromatic amines is 1. The van der Waals surface area contributed by atoms with Crippen molar-refractivity contribution in [3.05, 3.63) is 59.7 Å². The van der Waals surface area contributed by atoms with E-state index in [-0.39, 0.29) is 11.9 Å². The number of nitrogens with one attached hydrogen (secondary N) is 2. The quantitative estimate of drug-likeness (QED) is 0.731. The summed E-state index contributed by atoms with van der Waals surface area (Å²) < 4.78 is 0. The number of hydrogen-bond acceptors (Lipinski definition) is 3. The van der Waals surface area contributed by atoms with Crippen molar-refractivity contribution in [2.75, 3.05) is 0 Å². The molecular formula is C18H16N4O. The number of benzene rings is 1. The summed E-state index contributed by atoms with van der Waals surface area (Å²) in [5, 5.41) is 3.68. The Morgan fingerprint density at radius 2 is 2.09 bits per heavy atom. The fraction of sp³-hybridized carbons (Fsp3) is 0.167. The molecule has 5 nitrogen and oxygen atoms in total. The lowest BCUT2D eigenvalue weighted by atomic mass is 10.1. The molecule has 3 rings (SSSR count). The SMILES string of the molecule is CC#Cc1[nH]c2ncncc2c1C(=O)N[C@H](C)c1ccccc1. The molecule has 0 bridgehead atoms. The molecule has 0 aliphatic rings. The Bertz CT molecular complexity index is 903. The fourth-order valence-electron chi connectivity index (χ4n) is 2.48. The van der Waals surface area contributed by atoms with Crippen molar-refractivity contribution in [2.24, 2.45) is 0 Å². The zero-order chi connectivity index (χ0) is 16.2. The molecule has 1 amide bonds. The number of carbonyl (C=O) groups excluding carboxylic acids is 1. The molecule has 0 saturated carbocycles. The van der Waals surface area contributed by atoms with E-state index < -0.39 is 0 Å². The lowest BCUT2D eigenvalue weighted by molar-refractivity contribution is 0.0941. The van der Waals surface area contributed by atoms with Crippen molar-refractivity contribution in [1.82, 2.24) is 20.3 Å². The molecule has 3 aromatic rings. The van der Waals surface area contributed by atoms with Gasteiger partial charge < -0.3 is 10.3 Å². The normalized spacial score (nSPS) is 11.6. The van der Waals surface area contributed by atoms with E-state index in [2.05, 4.69) is 32.1 Å². The minimum Gasteiger partial charge on any atom is -0.345 e. The van der Waals surface area contributed by atoms with Gasteiger partial charge >= 0.3 is 0 Å². The summed E-state index contributed by atoms with van der Waals surface area (Å²) in [6, 6.07) is 9.70. The third-order valence-corrected chi connectivity index (χ3v) is 3.60. The molecule has 1 aromatic carbocycles. The highest BCUT2D eigenvalue weighted by molar-refractivity contribution is 6.08. The van der Waals surface area contributed by atoms with Crippen LogP contribution in [0.15, 0.2) is 42.9 Å². The number of H-pyrrole nitrogens is 1. The average molecular weight is 304 g/mol. The van der Waals surface area contributed by atoms with Gasteiger partial charge in [0.15, 0.2) is 0 Å². The van der Waals surface area contributed by atoms with Crippen molar-refractivity contribution in [2.45, 2.75) is 19.9 Å². The largest absolute Gasteiger partial charge is 0.345 e. The third kappa shape index (κ3) is 2.92. The van der Waals surface area contributed by atoms with Gasteiger partial charge in [0.1, 0.15) is 17.7 Å². The van der Waals surface area contributed by atoms with Crippen LogP contribution in [0.25, 0.3) is 11.0 Å². The molecule has 0 spiro atoms. The van der Waals surface area contributed by atoms with Gasteiger partial charge in [-0.05, 0) is 25.3 Å². The van der Waals surface area contributed by atoms with E-state index in [1.165, 1.54) is 6.33 Å². The Labute approximate surface area is 134 Å². The van der Waals surface area contributed by atoms with Crippen molar-refractivity contribution < 1.29 is 4.79 Å². The molecule has 0 saturated heterocycles. The first-order valence-electron chi connectivity index (χ1n) is 7.31. The van der Waals surface area contributed by atoms with Crippen molar-refractivity contribution in [3.8, 4) is 11.8 Å². The maximum Gasteiger partial charge on any atom is 0.255 e. The van der Waals surface area contributed by atoms with Crippen LogP contribution < -0.4 is 5.32 Å². The van der Waals surface area contributed by atoms with Crippen molar-refractivity contribution >= 4 is 16.9 Å². The van der Waals surface area contributed by atoms with Crippen LogP contribution in [0.4, 0.5) is 0 Å². The molecule has 0 aliphatic carbocycles. The molecule has 5 heteroatoms. The number of rotatable bonds is 3. The summed E-state index contributed by atoms with van der Waals surface area (Å²) in [5.74, 6) is 5.55. The summed E-state index contributed by atoms with van der Waals surface area (Å²) in [6.07, 6.45) is 3.07. The molecule has 114 valence electrons. The van der Waals surface area contributed by atoms with Crippen molar-refractivity contribution in [3.63, 3.8) is 0 Å². The molecule has 2 aromatic heterocycles. The van der Waals surface area contributed by atoms with Gasteiger partial charge in [0, 0.05) is 6.20 Å². The number of fused-ring (bicyclic) bond motifs is 1. The van der Waals surface area contributed by atoms with Gasteiger partial charge in [-0.3, -0.25) is 4.79 Å². The van der Waals surface area contributed by atoms with Gasteiger partial charge in [-0.1, -0.05) is 36.3 Å². The molecule has 0 unspecified atom stereocenters. The first-order chi connectivity index (χ1) is 11.2. The number of carbonyl (C=O) groups is 1. The summed E-state index contributed by atoms with van der Waals surface area (Å²) in [6.45, 7) is 3.68. The minimum absolute atomic E-state index is 0.110. The molecule has 2 N–H and O–H groups in total. The maximum atomic E-state index is 12.7. The van der Waals surface area contributed by atoms with Gasteiger partial charge in [0.25, 0.3) is 5.91 Å². The molecule has 0 fully saturated rings. The average Bonchev–Trinajstić information content (AvgIpc) is 2.94. The molecular weight excluding hydrogens is 288 g/mol. The third-order valence-electron chi connectivity index (χ3n) is 3.60. The molecule has 0 aliphatic heterocycles.